The number of benzene rings is 3. The van der Waals surface area contributed by atoms with Crippen molar-refractivity contribution >= 4 is 17.8 Å². The molecule has 31 heavy (non-hydrogen) atoms. The van der Waals surface area contributed by atoms with Crippen molar-refractivity contribution in [2.45, 2.75) is 6.92 Å². The number of ketones is 1. The SMILES string of the molecule is COc1ccc(C(=O)Oc2ccc3c(c2)OC(=Cc2ccccc2C)C3=O)cc1OC. The highest BCUT2D eigenvalue weighted by Crippen LogP contribution is 2.35. The normalized spacial score (nSPS) is 13.5. The molecule has 0 saturated heterocycles. The number of ether oxygens (including phenoxy) is 4. The Morgan fingerprint density at radius 3 is 2.45 bits per heavy atom. The number of esters is 1. The lowest BCUT2D eigenvalue weighted by atomic mass is 10.1. The van der Waals surface area contributed by atoms with Gasteiger partial charge in [0.25, 0.3) is 0 Å². The summed E-state index contributed by atoms with van der Waals surface area (Å²) in [7, 11) is 3.01. The van der Waals surface area contributed by atoms with E-state index in [-0.39, 0.29) is 17.3 Å². The first kappa shape index (κ1) is 20.2. The number of carbonyl (C=O) groups is 2. The number of hydrogen-bond acceptors (Lipinski definition) is 6. The van der Waals surface area contributed by atoms with Gasteiger partial charge in [-0.25, -0.2) is 4.79 Å². The Morgan fingerprint density at radius 2 is 1.71 bits per heavy atom. The largest absolute Gasteiger partial charge is 0.493 e. The summed E-state index contributed by atoms with van der Waals surface area (Å²) in [6, 6.07) is 17.1. The molecule has 0 aromatic heterocycles. The summed E-state index contributed by atoms with van der Waals surface area (Å²) in [5.74, 6) is 0.998. The number of Topliss-reactive ketones (excluding diaryl/α,β-unsaturated/α-hetero) is 1. The van der Waals surface area contributed by atoms with Crippen LogP contribution in [-0.4, -0.2) is 26.0 Å². The second kappa shape index (κ2) is 8.36. The van der Waals surface area contributed by atoms with E-state index in [2.05, 4.69) is 0 Å². The Bertz CT molecular complexity index is 1210. The van der Waals surface area contributed by atoms with Gasteiger partial charge in [-0.3, -0.25) is 4.79 Å². The molecule has 1 heterocycles. The number of allylic oxidation sites excluding steroid dienone is 1. The van der Waals surface area contributed by atoms with E-state index in [4.69, 9.17) is 18.9 Å². The maximum absolute atomic E-state index is 12.7. The number of fused-ring (bicyclic) bond motifs is 1. The van der Waals surface area contributed by atoms with Crippen LogP contribution in [0.1, 0.15) is 31.8 Å². The minimum atomic E-state index is -0.569. The third-order valence-corrected chi connectivity index (χ3v) is 4.95. The van der Waals surface area contributed by atoms with Gasteiger partial charge in [0.05, 0.1) is 25.3 Å². The van der Waals surface area contributed by atoms with E-state index in [1.54, 1.807) is 30.3 Å². The van der Waals surface area contributed by atoms with Crippen LogP contribution in [0.3, 0.4) is 0 Å². The maximum Gasteiger partial charge on any atom is 0.343 e. The van der Waals surface area contributed by atoms with Gasteiger partial charge in [-0.05, 0) is 54.5 Å². The molecule has 0 aliphatic carbocycles. The van der Waals surface area contributed by atoms with E-state index < -0.39 is 5.97 Å². The standard InChI is InChI=1S/C25H20O6/c1-15-6-4-5-7-16(15)12-23-24(26)19-10-9-18(14-21(19)31-23)30-25(27)17-8-11-20(28-2)22(13-17)29-3/h4-14H,1-3H3. The molecule has 0 saturated carbocycles. The highest BCUT2D eigenvalue weighted by molar-refractivity contribution is 6.14. The number of hydrogen-bond donors (Lipinski definition) is 0. The smallest absolute Gasteiger partial charge is 0.343 e. The zero-order valence-electron chi connectivity index (χ0n) is 17.3. The lowest BCUT2D eigenvalue weighted by Gasteiger charge is -2.10. The quantitative estimate of drug-likeness (QED) is 0.336. The predicted molar refractivity (Wildman–Crippen MR) is 115 cm³/mol. The monoisotopic (exact) mass is 416 g/mol. The molecular formula is C25H20O6. The molecule has 0 amide bonds. The molecule has 0 unspecified atom stereocenters. The molecule has 156 valence electrons. The number of rotatable bonds is 5. The van der Waals surface area contributed by atoms with E-state index in [9.17, 15) is 9.59 Å². The fourth-order valence-electron chi connectivity index (χ4n) is 3.25. The van der Waals surface area contributed by atoms with Crippen molar-refractivity contribution < 1.29 is 28.5 Å². The summed E-state index contributed by atoms with van der Waals surface area (Å²) < 4.78 is 21.6. The molecule has 1 aliphatic rings. The lowest BCUT2D eigenvalue weighted by Crippen LogP contribution is -2.09. The fraction of sp³-hybridized carbons (Fsp3) is 0.120. The molecule has 0 spiro atoms. The molecule has 3 aromatic rings. The minimum Gasteiger partial charge on any atom is -0.493 e. The van der Waals surface area contributed by atoms with Crippen molar-refractivity contribution in [1.82, 2.24) is 0 Å². The van der Waals surface area contributed by atoms with Crippen molar-refractivity contribution in [2.75, 3.05) is 14.2 Å². The number of carbonyl (C=O) groups excluding carboxylic acids is 2. The molecule has 3 aromatic carbocycles. The molecule has 0 atom stereocenters. The molecule has 6 heteroatoms. The average Bonchev–Trinajstić information content (AvgIpc) is 3.09. The van der Waals surface area contributed by atoms with Crippen LogP contribution in [0.2, 0.25) is 0 Å². The van der Waals surface area contributed by atoms with Crippen molar-refractivity contribution in [3.63, 3.8) is 0 Å². The molecule has 6 nitrogen and oxygen atoms in total. The fourth-order valence-corrected chi connectivity index (χ4v) is 3.25. The molecule has 0 N–H and O–H groups in total. The first-order valence-corrected chi connectivity index (χ1v) is 9.58. The predicted octanol–water partition coefficient (Wildman–Crippen LogP) is 4.85. The van der Waals surface area contributed by atoms with Gasteiger partial charge in [0.2, 0.25) is 5.78 Å². The minimum absolute atomic E-state index is 0.212. The number of methoxy groups -OCH3 is 2. The maximum atomic E-state index is 12.7. The van der Waals surface area contributed by atoms with Crippen LogP contribution >= 0.6 is 0 Å². The van der Waals surface area contributed by atoms with E-state index >= 15 is 0 Å². The summed E-state index contributed by atoms with van der Waals surface area (Å²) in [6.07, 6.45) is 1.72. The van der Waals surface area contributed by atoms with Crippen LogP contribution in [0.15, 0.2) is 66.4 Å². The van der Waals surface area contributed by atoms with Crippen LogP contribution in [0.5, 0.6) is 23.0 Å². The molecule has 0 bridgehead atoms. The van der Waals surface area contributed by atoms with Crippen molar-refractivity contribution in [3.05, 3.63) is 88.7 Å². The van der Waals surface area contributed by atoms with Crippen LogP contribution in [0, 0.1) is 6.92 Å². The zero-order chi connectivity index (χ0) is 22.0. The van der Waals surface area contributed by atoms with E-state index in [0.717, 1.165) is 11.1 Å². The second-order valence-corrected chi connectivity index (χ2v) is 6.91. The van der Waals surface area contributed by atoms with Crippen LogP contribution in [0.25, 0.3) is 6.08 Å². The molecule has 4 rings (SSSR count). The van der Waals surface area contributed by atoms with E-state index in [1.165, 1.54) is 26.4 Å². The van der Waals surface area contributed by atoms with E-state index in [0.29, 0.717) is 28.4 Å². The summed E-state index contributed by atoms with van der Waals surface area (Å²) in [5, 5.41) is 0. The average molecular weight is 416 g/mol. The Hall–Kier alpha value is -4.06. The Kier molecular flexibility index (Phi) is 5.45. The van der Waals surface area contributed by atoms with Gasteiger partial charge < -0.3 is 18.9 Å². The van der Waals surface area contributed by atoms with E-state index in [1.807, 2.05) is 31.2 Å². The summed E-state index contributed by atoms with van der Waals surface area (Å²) in [4.78, 5) is 25.2. The zero-order valence-corrected chi connectivity index (χ0v) is 17.3. The Morgan fingerprint density at radius 1 is 0.935 bits per heavy atom. The van der Waals surface area contributed by atoms with Gasteiger partial charge in [0, 0.05) is 6.07 Å². The highest BCUT2D eigenvalue weighted by atomic mass is 16.5. The molecule has 0 fully saturated rings. The van der Waals surface area contributed by atoms with Crippen molar-refractivity contribution in [2.24, 2.45) is 0 Å². The van der Waals surface area contributed by atoms with Gasteiger partial charge in [-0.2, -0.15) is 0 Å². The molecule has 1 aliphatic heterocycles. The third-order valence-electron chi connectivity index (χ3n) is 4.95. The van der Waals surface area contributed by atoms with Crippen molar-refractivity contribution in [3.8, 4) is 23.0 Å². The lowest BCUT2D eigenvalue weighted by molar-refractivity contribution is 0.0734. The Labute approximate surface area is 179 Å². The molecule has 0 radical (unpaired) electrons. The first-order valence-electron chi connectivity index (χ1n) is 9.58. The topological polar surface area (TPSA) is 71.1 Å². The third kappa shape index (κ3) is 4.00. The van der Waals surface area contributed by atoms with Gasteiger partial charge in [0.15, 0.2) is 17.3 Å². The second-order valence-electron chi connectivity index (χ2n) is 6.91. The van der Waals surface area contributed by atoms with Gasteiger partial charge in [-0.15, -0.1) is 0 Å². The van der Waals surface area contributed by atoms with Crippen LogP contribution < -0.4 is 18.9 Å². The van der Waals surface area contributed by atoms with Gasteiger partial charge in [0.1, 0.15) is 11.5 Å². The summed E-state index contributed by atoms with van der Waals surface area (Å²) >= 11 is 0. The van der Waals surface area contributed by atoms with Crippen LogP contribution in [-0.2, 0) is 0 Å². The highest BCUT2D eigenvalue weighted by Gasteiger charge is 2.28. The van der Waals surface area contributed by atoms with Crippen LogP contribution in [0.4, 0.5) is 0 Å². The summed E-state index contributed by atoms with van der Waals surface area (Å²) in [6.45, 7) is 1.96. The van der Waals surface area contributed by atoms with Crippen molar-refractivity contribution in [1.29, 1.82) is 0 Å². The number of aryl methyl sites for hydroxylation is 1. The van der Waals surface area contributed by atoms with Gasteiger partial charge >= 0.3 is 5.97 Å². The molecular weight excluding hydrogens is 396 g/mol. The summed E-state index contributed by atoms with van der Waals surface area (Å²) in [5.41, 5.74) is 2.66. The van der Waals surface area contributed by atoms with Gasteiger partial charge in [-0.1, -0.05) is 24.3 Å². The Balaban J connectivity index is 1.55. The first-order chi connectivity index (χ1) is 15.0.